The normalized spacial score (nSPS) is 19.7. The Morgan fingerprint density at radius 2 is 2.07 bits per heavy atom. The van der Waals surface area contributed by atoms with E-state index in [1.54, 1.807) is 40.7 Å². The molecule has 1 aliphatic heterocycles. The van der Waals surface area contributed by atoms with Gasteiger partial charge in [-0.15, -0.1) is 0 Å². The van der Waals surface area contributed by atoms with Crippen LogP contribution in [-0.2, 0) is 25.4 Å². The van der Waals surface area contributed by atoms with Crippen molar-refractivity contribution in [2.45, 2.75) is 64.6 Å². The van der Waals surface area contributed by atoms with E-state index in [2.05, 4.69) is 5.32 Å². The molecular weight excluding hydrogens is 383 g/mol. The fourth-order valence-electron chi connectivity index (χ4n) is 3.14. The first-order chi connectivity index (χ1) is 13.3. The Hall–Kier alpha value is -2.39. The summed E-state index contributed by atoms with van der Waals surface area (Å²) in [7, 11) is 1.29. The Labute approximate surface area is 169 Å². The van der Waals surface area contributed by atoms with Gasteiger partial charge in [-0.05, 0) is 58.7 Å². The van der Waals surface area contributed by atoms with Crippen LogP contribution in [0.25, 0.3) is 0 Å². The van der Waals surface area contributed by atoms with Crippen molar-refractivity contribution in [3.8, 4) is 5.75 Å². The summed E-state index contributed by atoms with van der Waals surface area (Å²) in [5, 5.41) is 11.9. The number of ether oxygens (including phenoxy) is 3. The Balaban J connectivity index is 2.15. The molecular formula is C20H29FN2O6. The highest BCUT2D eigenvalue weighted by Crippen LogP contribution is 2.30. The number of methoxy groups -OCH3 is 1. The van der Waals surface area contributed by atoms with E-state index in [0.29, 0.717) is 12.0 Å². The van der Waals surface area contributed by atoms with Crippen molar-refractivity contribution in [3.05, 3.63) is 29.6 Å². The van der Waals surface area contributed by atoms with Crippen LogP contribution in [0.4, 0.5) is 9.18 Å². The van der Waals surface area contributed by atoms with E-state index in [4.69, 9.17) is 14.2 Å². The van der Waals surface area contributed by atoms with Gasteiger partial charge < -0.3 is 24.6 Å². The lowest BCUT2D eigenvalue weighted by Gasteiger charge is -2.35. The molecule has 0 spiro atoms. The Morgan fingerprint density at radius 3 is 2.62 bits per heavy atom. The molecule has 1 heterocycles. The maximum absolute atomic E-state index is 13.7. The van der Waals surface area contributed by atoms with Crippen molar-refractivity contribution in [1.82, 2.24) is 10.2 Å². The van der Waals surface area contributed by atoms with Crippen LogP contribution in [0, 0.1) is 5.82 Å². The van der Waals surface area contributed by atoms with Gasteiger partial charge >= 0.3 is 12.0 Å². The molecule has 2 atom stereocenters. The van der Waals surface area contributed by atoms with E-state index in [9.17, 15) is 19.1 Å². The van der Waals surface area contributed by atoms with Crippen molar-refractivity contribution in [2.24, 2.45) is 0 Å². The average Bonchev–Trinajstić information content (AvgIpc) is 2.88. The molecule has 2 N–H and O–H groups in total. The molecule has 29 heavy (non-hydrogen) atoms. The number of carbonyl (C=O) groups is 2. The molecule has 0 bridgehead atoms. The molecule has 0 radical (unpaired) electrons. The highest BCUT2D eigenvalue weighted by atomic mass is 19.1. The third kappa shape index (κ3) is 5.80. The van der Waals surface area contributed by atoms with Gasteiger partial charge in [0.2, 0.25) is 6.23 Å². The second-order valence-electron chi connectivity index (χ2n) is 8.37. The molecule has 2 rings (SSSR count). The number of esters is 1. The van der Waals surface area contributed by atoms with Crippen molar-refractivity contribution in [1.29, 1.82) is 0 Å². The number of aromatic hydroxyl groups is 1. The fraction of sp³-hybridized carbons (Fsp3) is 0.600. The van der Waals surface area contributed by atoms with Crippen LogP contribution in [0.2, 0.25) is 0 Å². The number of carbonyl (C=O) groups excluding carboxylic acids is 2. The summed E-state index contributed by atoms with van der Waals surface area (Å²) in [5.74, 6) is -1.89. The standard InChI is InChI=1S/C20H29FN2O6/c1-19(2,3)29-17(25)16(27-6)22-18(26)23-13(11-28-20(23,4)5)9-12-7-8-15(24)14(21)10-12/h7-8,10,13,16,24H,9,11H2,1-6H3,(H,22,26). The van der Waals surface area contributed by atoms with Crippen molar-refractivity contribution in [2.75, 3.05) is 13.7 Å². The van der Waals surface area contributed by atoms with Gasteiger partial charge in [0.05, 0.1) is 12.6 Å². The van der Waals surface area contributed by atoms with Crippen LogP contribution < -0.4 is 5.32 Å². The molecule has 1 fully saturated rings. The molecule has 1 aromatic rings. The summed E-state index contributed by atoms with van der Waals surface area (Å²) >= 11 is 0. The van der Waals surface area contributed by atoms with E-state index < -0.39 is 47.2 Å². The molecule has 2 amide bonds. The number of urea groups is 1. The third-order valence-corrected chi connectivity index (χ3v) is 4.39. The zero-order chi connectivity index (χ0) is 22.0. The van der Waals surface area contributed by atoms with Gasteiger partial charge in [0.15, 0.2) is 11.6 Å². The lowest BCUT2D eigenvalue weighted by Crippen LogP contribution is -2.57. The molecule has 0 aliphatic carbocycles. The Kier molecular flexibility index (Phi) is 6.74. The molecule has 9 heteroatoms. The van der Waals surface area contributed by atoms with Gasteiger partial charge in [0, 0.05) is 7.11 Å². The van der Waals surface area contributed by atoms with Crippen molar-refractivity contribution >= 4 is 12.0 Å². The van der Waals surface area contributed by atoms with Gasteiger partial charge in [0.25, 0.3) is 0 Å². The third-order valence-electron chi connectivity index (χ3n) is 4.39. The lowest BCUT2D eigenvalue weighted by atomic mass is 10.0. The maximum Gasteiger partial charge on any atom is 0.357 e. The maximum atomic E-state index is 13.7. The van der Waals surface area contributed by atoms with Crippen LogP contribution in [0.5, 0.6) is 5.75 Å². The van der Waals surface area contributed by atoms with E-state index in [1.165, 1.54) is 24.1 Å². The summed E-state index contributed by atoms with van der Waals surface area (Å²) in [6.07, 6.45) is -0.983. The van der Waals surface area contributed by atoms with Gasteiger partial charge in [-0.1, -0.05) is 6.07 Å². The number of hydrogen-bond donors (Lipinski definition) is 2. The monoisotopic (exact) mass is 412 g/mol. The molecule has 1 saturated heterocycles. The van der Waals surface area contributed by atoms with Gasteiger partial charge in [-0.3, -0.25) is 4.90 Å². The molecule has 1 aromatic carbocycles. The SMILES string of the molecule is COC(NC(=O)N1C(Cc2ccc(O)c(F)c2)COC1(C)C)C(=O)OC(C)(C)C. The van der Waals surface area contributed by atoms with E-state index in [1.807, 2.05) is 0 Å². The molecule has 0 saturated carbocycles. The van der Waals surface area contributed by atoms with E-state index in [-0.39, 0.29) is 6.61 Å². The minimum absolute atomic E-state index is 0.229. The molecule has 2 unspecified atom stereocenters. The minimum atomic E-state index is -1.29. The minimum Gasteiger partial charge on any atom is -0.505 e. The number of benzene rings is 1. The van der Waals surface area contributed by atoms with Crippen LogP contribution in [0.15, 0.2) is 18.2 Å². The van der Waals surface area contributed by atoms with E-state index in [0.717, 1.165) is 0 Å². The fourth-order valence-corrected chi connectivity index (χ4v) is 3.14. The molecule has 0 aromatic heterocycles. The number of halogens is 1. The summed E-state index contributed by atoms with van der Waals surface area (Å²) < 4.78 is 29.7. The van der Waals surface area contributed by atoms with Gasteiger partial charge in [-0.2, -0.15) is 0 Å². The van der Waals surface area contributed by atoms with Crippen molar-refractivity contribution in [3.63, 3.8) is 0 Å². The van der Waals surface area contributed by atoms with Crippen LogP contribution in [0.3, 0.4) is 0 Å². The predicted molar refractivity (Wildman–Crippen MR) is 103 cm³/mol. The number of amides is 2. The number of nitrogens with one attached hydrogen (secondary N) is 1. The van der Waals surface area contributed by atoms with Crippen LogP contribution in [0.1, 0.15) is 40.2 Å². The van der Waals surface area contributed by atoms with Crippen molar-refractivity contribution < 1.29 is 33.3 Å². The Bertz CT molecular complexity index is 762. The van der Waals surface area contributed by atoms with Crippen LogP contribution >= 0.6 is 0 Å². The van der Waals surface area contributed by atoms with Gasteiger partial charge in [0.1, 0.15) is 11.3 Å². The first-order valence-electron chi connectivity index (χ1n) is 9.31. The Morgan fingerprint density at radius 1 is 1.41 bits per heavy atom. The number of rotatable bonds is 5. The summed E-state index contributed by atoms with van der Waals surface area (Å²) in [6.45, 7) is 8.81. The number of phenolic OH excluding ortho intramolecular Hbond substituents is 1. The summed E-state index contributed by atoms with van der Waals surface area (Å²) in [4.78, 5) is 26.7. The molecule has 162 valence electrons. The smallest absolute Gasteiger partial charge is 0.357 e. The number of phenols is 1. The topological polar surface area (TPSA) is 97.3 Å². The zero-order valence-corrected chi connectivity index (χ0v) is 17.6. The van der Waals surface area contributed by atoms with Gasteiger partial charge in [-0.25, -0.2) is 14.0 Å². The molecule has 8 nitrogen and oxygen atoms in total. The summed E-state index contributed by atoms with van der Waals surface area (Å²) in [5.41, 5.74) is -1.09. The predicted octanol–water partition coefficient (Wildman–Crippen LogP) is 2.53. The quantitative estimate of drug-likeness (QED) is 0.570. The lowest BCUT2D eigenvalue weighted by molar-refractivity contribution is -0.168. The average molecular weight is 412 g/mol. The first kappa shape index (κ1) is 22.9. The second-order valence-corrected chi connectivity index (χ2v) is 8.37. The molecule has 1 aliphatic rings. The second kappa shape index (κ2) is 8.54. The van der Waals surface area contributed by atoms with Crippen LogP contribution in [-0.4, -0.2) is 59.3 Å². The van der Waals surface area contributed by atoms with E-state index >= 15 is 0 Å². The number of nitrogens with zero attached hydrogens (tertiary/aromatic N) is 1. The summed E-state index contributed by atoms with van der Waals surface area (Å²) in [6, 6.07) is 3.08. The number of hydrogen-bond acceptors (Lipinski definition) is 6. The zero-order valence-electron chi connectivity index (χ0n) is 17.6. The highest BCUT2D eigenvalue weighted by molar-refractivity contribution is 5.83. The highest BCUT2D eigenvalue weighted by Gasteiger charge is 2.44. The largest absolute Gasteiger partial charge is 0.505 e. The first-order valence-corrected chi connectivity index (χ1v) is 9.31.